The van der Waals surface area contributed by atoms with Crippen LogP contribution in [0.25, 0.3) is 0 Å². The van der Waals surface area contributed by atoms with Gasteiger partial charge < -0.3 is 15.5 Å². The Morgan fingerprint density at radius 1 is 1.05 bits per heavy atom. The monoisotopic (exact) mass is 257 g/mol. The van der Waals surface area contributed by atoms with Gasteiger partial charge in [-0.1, -0.05) is 17.7 Å². The third-order valence-corrected chi connectivity index (χ3v) is 2.80. The molecule has 19 heavy (non-hydrogen) atoms. The van der Waals surface area contributed by atoms with Crippen molar-refractivity contribution in [3.05, 3.63) is 53.6 Å². The van der Waals surface area contributed by atoms with Crippen LogP contribution in [0.4, 0.5) is 5.69 Å². The third kappa shape index (κ3) is 3.25. The van der Waals surface area contributed by atoms with Crippen LogP contribution in [0.2, 0.25) is 0 Å². The van der Waals surface area contributed by atoms with Gasteiger partial charge in [0.2, 0.25) is 0 Å². The van der Waals surface area contributed by atoms with E-state index in [2.05, 4.69) is 5.32 Å². The smallest absolute Gasteiger partial charge is 0.181 e. The summed E-state index contributed by atoms with van der Waals surface area (Å²) in [5.74, 6) is -0.680. The lowest BCUT2D eigenvalue weighted by Crippen LogP contribution is -2.13. The van der Waals surface area contributed by atoms with Crippen LogP contribution in [-0.4, -0.2) is 22.5 Å². The van der Waals surface area contributed by atoms with E-state index in [4.69, 9.17) is 0 Å². The van der Waals surface area contributed by atoms with Gasteiger partial charge in [0.05, 0.1) is 6.54 Å². The van der Waals surface area contributed by atoms with E-state index in [0.29, 0.717) is 5.56 Å². The Hall–Kier alpha value is -2.49. The predicted molar refractivity (Wildman–Crippen MR) is 73.8 cm³/mol. The van der Waals surface area contributed by atoms with E-state index in [1.54, 1.807) is 0 Å². The number of rotatable bonds is 4. The molecule has 3 N–H and O–H groups in total. The molecule has 2 rings (SSSR count). The van der Waals surface area contributed by atoms with Crippen LogP contribution in [0.1, 0.15) is 15.9 Å². The number of hydrogen-bond donors (Lipinski definition) is 3. The van der Waals surface area contributed by atoms with E-state index in [-0.39, 0.29) is 23.8 Å². The topological polar surface area (TPSA) is 69.6 Å². The van der Waals surface area contributed by atoms with Gasteiger partial charge >= 0.3 is 0 Å². The van der Waals surface area contributed by atoms with Crippen molar-refractivity contribution in [1.82, 2.24) is 0 Å². The number of carbonyl (C=O) groups is 1. The average Bonchev–Trinajstić information content (AvgIpc) is 2.41. The van der Waals surface area contributed by atoms with Gasteiger partial charge in [-0.3, -0.25) is 4.79 Å². The molecule has 0 atom stereocenters. The number of phenolic OH excluding ortho intramolecular Hbond substituents is 2. The summed E-state index contributed by atoms with van der Waals surface area (Å²) in [6.07, 6.45) is 0. The Kier molecular flexibility index (Phi) is 3.71. The average molecular weight is 257 g/mol. The first kappa shape index (κ1) is 13.0. The van der Waals surface area contributed by atoms with Crippen LogP contribution < -0.4 is 5.32 Å². The van der Waals surface area contributed by atoms with E-state index in [0.717, 1.165) is 11.3 Å². The minimum absolute atomic E-state index is 0.132. The molecule has 2 aromatic rings. The van der Waals surface area contributed by atoms with E-state index >= 15 is 0 Å². The number of ketones is 1. The number of carbonyl (C=O) groups excluding carboxylic acids is 1. The number of anilines is 1. The van der Waals surface area contributed by atoms with Crippen LogP contribution in [0, 0.1) is 6.92 Å². The van der Waals surface area contributed by atoms with Crippen molar-refractivity contribution < 1.29 is 15.0 Å². The molecule has 0 fully saturated rings. The molecule has 4 heteroatoms. The minimum atomic E-state index is -0.291. The largest absolute Gasteiger partial charge is 0.504 e. The van der Waals surface area contributed by atoms with Gasteiger partial charge in [-0.2, -0.15) is 0 Å². The molecule has 0 spiro atoms. The van der Waals surface area contributed by atoms with Crippen LogP contribution >= 0.6 is 0 Å². The fourth-order valence-corrected chi connectivity index (χ4v) is 1.65. The molecule has 0 amide bonds. The second kappa shape index (κ2) is 5.44. The molecule has 4 nitrogen and oxygen atoms in total. The highest BCUT2D eigenvalue weighted by Crippen LogP contribution is 2.25. The molecule has 0 aliphatic carbocycles. The zero-order chi connectivity index (χ0) is 13.8. The molecule has 0 radical (unpaired) electrons. The van der Waals surface area contributed by atoms with Gasteiger partial charge in [0.1, 0.15) is 0 Å². The number of aryl methyl sites for hydroxylation is 1. The predicted octanol–water partition coefficient (Wildman–Crippen LogP) is 2.70. The molecule has 0 saturated heterocycles. The molecule has 0 unspecified atom stereocenters. The lowest BCUT2D eigenvalue weighted by Gasteiger charge is -2.07. The normalized spacial score (nSPS) is 10.2. The van der Waals surface area contributed by atoms with E-state index in [1.807, 2.05) is 31.2 Å². The van der Waals surface area contributed by atoms with Crippen molar-refractivity contribution in [2.24, 2.45) is 0 Å². The van der Waals surface area contributed by atoms with Gasteiger partial charge in [-0.15, -0.1) is 0 Å². The lowest BCUT2D eigenvalue weighted by atomic mass is 10.1. The van der Waals surface area contributed by atoms with Gasteiger partial charge in [0.15, 0.2) is 17.3 Å². The van der Waals surface area contributed by atoms with E-state index in [9.17, 15) is 15.0 Å². The summed E-state index contributed by atoms with van der Waals surface area (Å²) in [7, 11) is 0. The van der Waals surface area contributed by atoms with E-state index in [1.165, 1.54) is 18.2 Å². The van der Waals surface area contributed by atoms with Gasteiger partial charge in [0.25, 0.3) is 0 Å². The maximum atomic E-state index is 11.9. The molecule has 2 aromatic carbocycles. The third-order valence-electron chi connectivity index (χ3n) is 2.80. The fraction of sp³-hybridized carbons (Fsp3) is 0.133. The first-order chi connectivity index (χ1) is 9.06. The SMILES string of the molecule is Cc1ccc(NCC(=O)c2ccc(O)c(O)c2)cc1. The molecule has 0 aromatic heterocycles. The Morgan fingerprint density at radius 3 is 2.37 bits per heavy atom. The fourth-order valence-electron chi connectivity index (χ4n) is 1.65. The van der Waals surface area contributed by atoms with Gasteiger partial charge in [-0.05, 0) is 37.3 Å². The van der Waals surface area contributed by atoms with Crippen LogP contribution in [-0.2, 0) is 0 Å². The van der Waals surface area contributed by atoms with Crippen LogP contribution in [0.3, 0.4) is 0 Å². The number of hydrogen-bond acceptors (Lipinski definition) is 4. The number of aromatic hydroxyl groups is 2. The lowest BCUT2D eigenvalue weighted by molar-refractivity contribution is 0.101. The molecule has 98 valence electrons. The molecular formula is C15H15NO3. The summed E-state index contributed by atoms with van der Waals surface area (Å²) in [6, 6.07) is 11.8. The summed E-state index contributed by atoms with van der Waals surface area (Å²) in [5, 5.41) is 21.5. The van der Waals surface area contributed by atoms with Crippen molar-refractivity contribution >= 4 is 11.5 Å². The first-order valence-electron chi connectivity index (χ1n) is 5.92. The second-order valence-corrected chi connectivity index (χ2v) is 4.35. The van der Waals surface area contributed by atoms with Gasteiger partial charge in [0, 0.05) is 11.3 Å². The van der Waals surface area contributed by atoms with Crippen molar-refractivity contribution in [3.63, 3.8) is 0 Å². The maximum absolute atomic E-state index is 11.9. The van der Waals surface area contributed by atoms with Crippen LogP contribution in [0.15, 0.2) is 42.5 Å². The van der Waals surface area contributed by atoms with E-state index < -0.39 is 0 Å². The number of phenols is 2. The highest BCUT2D eigenvalue weighted by molar-refractivity contribution is 5.99. The summed E-state index contributed by atoms with van der Waals surface area (Å²) in [4.78, 5) is 11.9. The minimum Gasteiger partial charge on any atom is -0.504 e. The number of benzene rings is 2. The summed E-state index contributed by atoms with van der Waals surface area (Å²) in [5.41, 5.74) is 2.37. The molecule has 0 heterocycles. The van der Waals surface area contributed by atoms with Crippen LogP contribution in [0.5, 0.6) is 11.5 Å². The standard InChI is InChI=1S/C15H15NO3/c1-10-2-5-12(6-3-10)16-9-15(19)11-4-7-13(17)14(18)8-11/h2-8,16-18H,9H2,1H3. The second-order valence-electron chi connectivity index (χ2n) is 4.35. The van der Waals surface area contributed by atoms with Gasteiger partial charge in [-0.25, -0.2) is 0 Å². The quantitative estimate of drug-likeness (QED) is 0.582. The molecule has 0 aliphatic heterocycles. The highest BCUT2D eigenvalue weighted by atomic mass is 16.3. The molecular weight excluding hydrogens is 242 g/mol. The Labute approximate surface area is 111 Å². The zero-order valence-corrected chi connectivity index (χ0v) is 10.6. The number of Topliss-reactive ketones (excluding diaryl/α,β-unsaturated/α-hetero) is 1. The van der Waals surface area contributed by atoms with Crippen molar-refractivity contribution in [1.29, 1.82) is 0 Å². The summed E-state index contributed by atoms with van der Waals surface area (Å²) in [6.45, 7) is 2.13. The Balaban J connectivity index is 2.01. The van der Waals surface area contributed by atoms with Crippen molar-refractivity contribution in [3.8, 4) is 11.5 Å². The van der Waals surface area contributed by atoms with Crippen molar-refractivity contribution in [2.45, 2.75) is 6.92 Å². The Morgan fingerprint density at radius 2 is 1.74 bits per heavy atom. The molecule has 0 bridgehead atoms. The summed E-state index contributed by atoms with van der Waals surface area (Å²) < 4.78 is 0. The Bertz CT molecular complexity index is 591. The van der Waals surface area contributed by atoms with Crippen molar-refractivity contribution in [2.75, 3.05) is 11.9 Å². The first-order valence-corrected chi connectivity index (χ1v) is 5.92. The highest BCUT2D eigenvalue weighted by Gasteiger charge is 2.08. The number of nitrogens with one attached hydrogen (secondary N) is 1. The zero-order valence-electron chi connectivity index (χ0n) is 10.6. The molecule has 0 aliphatic rings. The molecule has 0 saturated carbocycles. The maximum Gasteiger partial charge on any atom is 0.181 e. The summed E-state index contributed by atoms with van der Waals surface area (Å²) >= 11 is 0.